The number of likely N-dealkylation sites (tertiary alicyclic amines) is 1. The van der Waals surface area contributed by atoms with Crippen LogP contribution in [0.2, 0.25) is 0 Å². The summed E-state index contributed by atoms with van der Waals surface area (Å²) in [5.74, 6) is 0.855. The second-order valence-corrected chi connectivity index (χ2v) is 4.65. The third kappa shape index (κ3) is 4.07. The van der Waals surface area contributed by atoms with Crippen LogP contribution in [0.25, 0.3) is 0 Å². The minimum Gasteiger partial charge on any atom is -0.327 e. The molecule has 0 aromatic heterocycles. The van der Waals surface area contributed by atoms with Gasteiger partial charge in [-0.2, -0.15) is 0 Å². The Kier molecular flexibility index (Phi) is 4.16. The van der Waals surface area contributed by atoms with Crippen molar-refractivity contribution in [3.8, 4) is 0 Å². The predicted molar refractivity (Wildman–Crippen MR) is 56.8 cm³/mol. The molecule has 2 N–H and O–H groups in total. The van der Waals surface area contributed by atoms with Crippen LogP contribution in [0.5, 0.6) is 0 Å². The van der Waals surface area contributed by atoms with Crippen molar-refractivity contribution in [3.05, 3.63) is 0 Å². The Balaban J connectivity index is 2.20. The summed E-state index contributed by atoms with van der Waals surface area (Å²) in [6, 6.07) is 0.318. The molecule has 78 valence electrons. The fourth-order valence-electron chi connectivity index (χ4n) is 2.15. The molecular formula is C10H23N3. The maximum Gasteiger partial charge on any atom is 0.0139 e. The van der Waals surface area contributed by atoms with Crippen LogP contribution in [-0.4, -0.2) is 56.1 Å². The highest BCUT2D eigenvalue weighted by Gasteiger charge is 2.22. The van der Waals surface area contributed by atoms with E-state index in [9.17, 15) is 0 Å². The second kappa shape index (κ2) is 4.94. The summed E-state index contributed by atoms with van der Waals surface area (Å²) in [5, 5.41) is 0. The molecule has 3 heteroatoms. The largest absolute Gasteiger partial charge is 0.327 e. The Morgan fingerprint density at radius 1 is 1.54 bits per heavy atom. The van der Waals surface area contributed by atoms with Crippen LogP contribution < -0.4 is 5.73 Å². The van der Waals surface area contributed by atoms with Gasteiger partial charge >= 0.3 is 0 Å². The Bertz CT molecular complexity index is 129. The molecule has 0 spiro atoms. The predicted octanol–water partition coefficient (Wildman–Crippen LogP) is 0.217. The molecule has 0 bridgehead atoms. The van der Waals surface area contributed by atoms with Crippen molar-refractivity contribution < 1.29 is 0 Å². The molecule has 1 aliphatic rings. The zero-order valence-electron chi connectivity index (χ0n) is 9.16. The van der Waals surface area contributed by atoms with Crippen molar-refractivity contribution in [2.75, 3.05) is 40.3 Å². The second-order valence-electron chi connectivity index (χ2n) is 4.65. The van der Waals surface area contributed by atoms with Crippen LogP contribution in [0.15, 0.2) is 0 Å². The van der Waals surface area contributed by atoms with Gasteiger partial charge in [0.25, 0.3) is 0 Å². The first-order valence-electron chi connectivity index (χ1n) is 5.20. The first kappa shape index (κ1) is 11.0. The number of nitrogens with zero attached hydrogens (tertiary/aromatic N) is 2. The summed E-state index contributed by atoms with van der Waals surface area (Å²) in [4.78, 5) is 4.76. The highest BCUT2D eigenvalue weighted by molar-refractivity contribution is 4.78. The molecule has 1 heterocycles. The Labute approximate surface area is 81.9 Å². The normalized spacial score (nSPS) is 27.0. The van der Waals surface area contributed by atoms with Crippen molar-refractivity contribution >= 4 is 0 Å². The van der Waals surface area contributed by atoms with Crippen molar-refractivity contribution in [2.45, 2.75) is 19.4 Å². The molecule has 13 heavy (non-hydrogen) atoms. The molecule has 0 aliphatic carbocycles. The van der Waals surface area contributed by atoms with Crippen LogP contribution in [0.3, 0.4) is 0 Å². The molecule has 1 fully saturated rings. The van der Waals surface area contributed by atoms with Crippen LogP contribution in [0.1, 0.15) is 13.3 Å². The van der Waals surface area contributed by atoms with Gasteiger partial charge < -0.3 is 15.5 Å². The molecule has 0 amide bonds. The van der Waals surface area contributed by atoms with E-state index in [0.29, 0.717) is 6.04 Å². The highest BCUT2D eigenvalue weighted by atomic mass is 15.2. The molecule has 2 atom stereocenters. The summed E-state index contributed by atoms with van der Waals surface area (Å²) in [7, 11) is 4.29. The average molecular weight is 185 g/mol. The van der Waals surface area contributed by atoms with E-state index in [2.05, 4.69) is 30.8 Å². The van der Waals surface area contributed by atoms with E-state index in [0.717, 1.165) is 12.5 Å². The molecule has 1 aliphatic heterocycles. The highest BCUT2D eigenvalue weighted by Crippen LogP contribution is 2.16. The third-order valence-electron chi connectivity index (χ3n) is 2.54. The van der Waals surface area contributed by atoms with Crippen LogP contribution in [0.4, 0.5) is 0 Å². The monoisotopic (exact) mass is 185 g/mol. The number of hydrogen-bond donors (Lipinski definition) is 1. The van der Waals surface area contributed by atoms with Gasteiger partial charge in [0, 0.05) is 25.7 Å². The Morgan fingerprint density at radius 2 is 2.23 bits per heavy atom. The molecular weight excluding hydrogens is 162 g/mol. The van der Waals surface area contributed by atoms with Crippen LogP contribution >= 0.6 is 0 Å². The minimum absolute atomic E-state index is 0.318. The van der Waals surface area contributed by atoms with Gasteiger partial charge in [0.15, 0.2) is 0 Å². The van der Waals surface area contributed by atoms with Gasteiger partial charge in [-0.05, 0) is 39.9 Å². The van der Waals surface area contributed by atoms with Gasteiger partial charge in [-0.25, -0.2) is 0 Å². The molecule has 1 rings (SSSR count). The van der Waals surface area contributed by atoms with E-state index < -0.39 is 0 Å². The Hall–Kier alpha value is -0.120. The number of hydrogen-bond acceptors (Lipinski definition) is 3. The summed E-state index contributed by atoms with van der Waals surface area (Å²) in [5.41, 5.74) is 5.77. The molecule has 2 unspecified atom stereocenters. The summed E-state index contributed by atoms with van der Waals surface area (Å²) >= 11 is 0. The SMILES string of the molecule is CC(N)CN1CCC(CN(C)C)C1. The summed E-state index contributed by atoms with van der Waals surface area (Å²) < 4.78 is 0. The number of nitrogens with two attached hydrogens (primary N) is 1. The van der Waals surface area contributed by atoms with Crippen molar-refractivity contribution in [1.82, 2.24) is 9.80 Å². The van der Waals surface area contributed by atoms with Gasteiger partial charge in [0.05, 0.1) is 0 Å². The van der Waals surface area contributed by atoms with Gasteiger partial charge in [-0.15, -0.1) is 0 Å². The molecule has 0 radical (unpaired) electrons. The van der Waals surface area contributed by atoms with E-state index in [4.69, 9.17) is 5.73 Å². The quantitative estimate of drug-likeness (QED) is 0.680. The fourth-order valence-corrected chi connectivity index (χ4v) is 2.15. The lowest BCUT2D eigenvalue weighted by Crippen LogP contribution is -2.34. The zero-order chi connectivity index (χ0) is 9.84. The lowest BCUT2D eigenvalue weighted by molar-refractivity contribution is 0.282. The lowest BCUT2D eigenvalue weighted by Gasteiger charge is -2.19. The van der Waals surface area contributed by atoms with E-state index in [-0.39, 0.29) is 0 Å². The molecule has 3 nitrogen and oxygen atoms in total. The van der Waals surface area contributed by atoms with Gasteiger partial charge in [-0.3, -0.25) is 0 Å². The smallest absolute Gasteiger partial charge is 0.0139 e. The summed E-state index contributed by atoms with van der Waals surface area (Å²) in [6.07, 6.45) is 1.34. The Morgan fingerprint density at radius 3 is 2.77 bits per heavy atom. The minimum atomic E-state index is 0.318. The standard InChI is InChI=1S/C10H23N3/c1-9(11)6-13-5-4-10(8-13)7-12(2)3/h9-10H,4-8,11H2,1-3H3. The first-order chi connectivity index (χ1) is 6.08. The van der Waals surface area contributed by atoms with Crippen LogP contribution in [0, 0.1) is 5.92 Å². The lowest BCUT2D eigenvalue weighted by atomic mass is 10.1. The van der Waals surface area contributed by atoms with Crippen LogP contribution in [-0.2, 0) is 0 Å². The van der Waals surface area contributed by atoms with Gasteiger partial charge in [-0.1, -0.05) is 0 Å². The maximum absolute atomic E-state index is 5.77. The van der Waals surface area contributed by atoms with E-state index in [1.165, 1.54) is 26.1 Å². The first-order valence-corrected chi connectivity index (χ1v) is 5.20. The average Bonchev–Trinajstić information content (AvgIpc) is 2.33. The molecule has 0 aromatic rings. The summed E-state index contributed by atoms with van der Waals surface area (Å²) in [6.45, 7) is 6.83. The molecule has 0 aromatic carbocycles. The number of rotatable bonds is 4. The topological polar surface area (TPSA) is 32.5 Å². The third-order valence-corrected chi connectivity index (χ3v) is 2.54. The van der Waals surface area contributed by atoms with E-state index >= 15 is 0 Å². The van der Waals surface area contributed by atoms with Crippen molar-refractivity contribution in [1.29, 1.82) is 0 Å². The fraction of sp³-hybridized carbons (Fsp3) is 1.00. The zero-order valence-corrected chi connectivity index (χ0v) is 9.16. The van der Waals surface area contributed by atoms with Gasteiger partial charge in [0.2, 0.25) is 0 Å². The van der Waals surface area contributed by atoms with E-state index in [1.807, 2.05) is 0 Å². The van der Waals surface area contributed by atoms with Gasteiger partial charge in [0.1, 0.15) is 0 Å². The van der Waals surface area contributed by atoms with Crippen molar-refractivity contribution in [3.63, 3.8) is 0 Å². The van der Waals surface area contributed by atoms with Crippen molar-refractivity contribution in [2.24, 2.45) is 11.7 Å². The van der Waals surface area contributed by atoms with E-state index in [1.54, 1.807) is 0 Å². The molecule has 1 saturated heterocycles. The maximum atomic E-state index is 5.77. The molecule has 0 saturated carbocycles.